The molecule has 1 aliphatic rings. The third-order valence-electron chi connectivity index (χ3n) is 3.65. The van der Waals surface area contributed by atoms with Gasteiger partial charge in [0.1, 0.15) is 5.82 Å². The summed E-state index contributed by atoms with van der Waals surface area (Å²) in [5.41, 5.74) is 4.27. The molecule has 1 heterocycles. The zero-order valence-corrected chi connectivity index (χ0v) is 12.9. The van der Waals surface area contributed by atoms with Crippen molar-refractivity contribution < 1.29 is 0 Å². The van der Waals surface area contributed by atoms with E-state index in [-0.39, 0.29) is 0 Å². The highest BCUT2D eigenvalue weighted by Gasteiger charge is 2.10. The third kappa shape index (κ3) is 3.06. The molecule has 3 heteroatoms. The van der Waals surface area contributed by atoms with Crippen molar-refractivity contribution in [3.63, 3.8) is 0 Å². The number of halogens is 1. The minimum absolute atomic E-state index is 0.583. The molecule has 2 nitrogen and oxygen atoms in total. The molecule has 0 aliphatic heterocycles. The van der Waals surface area contributed by atoms with E-state index in [1.54, 1.807) is 6.20 Å². The van der Waals surface area contributed by atoms with Crippen LogP contribution in [0.5, 0.6) is 0 Å². The summed E-state index contributed by atoms with van der Waals surface area (Å²) in [7, 11) is 0. The van der Waals surface area contributed by atoms with Gasteiger partial charge in [0.2, 0.25) is 0 Å². The molecule has 1 aromatic carbocycles. The van der Waals surface area contributed by atoms with Gasteiger partial charge in [-0.1, -0.05) is 55.0 Å². The summed E-state index contributed by atoms with van der Waals surface area (Å²) in [6.07, 6.45) is 9.48. The van der Waals surface area contributed by atoms with Crippen LogP contribution in [0.15, 0.2) is 48.7 Å². The first-order valence-electron chi connectivity index (χ1n) is 7.12. The molecule has 0 N–H and O–H groups in total. The van der Waals surface area contributed by atoms with Crippen LogP contribution in [0.2, 0.25) is 5.02 Å². The third-order valence-corrected chi connectivity index (χ3v) is 3.92. The van der Waals surface area contributed by atoms with Crippen LogP contribution >= 0.6 is 11.6 Å². The number of hydrogen-bond acceptors (Lipinski definition) is 2. The molecule has 1 unspecified atom stereocenters. The monoisotopic (exact) mass is 296 g/mol. The fraction of sp³-hybridized carbons (Fsp3) is 0.222. The van der Waals surface area contributed by atoms with Crippen LogP contribution in [0.1, 0.15) is 24.7 Å². The number of aryl methyl sites for hydroxylation is 1. The minimum Gasteiger partial charge on any atom is -0.240 e. The number of benzene rings is 1. The number of rotatable bonds is 2. The van der Waals surface area contributed by atoms with Crippen LogP contribution in [-0.2, 0) is 0 Å². The van der Waals surface area contributed by atoms with Crippen molar-refractivity contribution in [2.75, 3.05) is 0 Å². The van der Waals surface area contributed by atoms with E-state index in [4.69, 9.17) is 11.6 Å². The van der Waals surface area contributed by atoms with Gasteiger partial charge in [-0.2, -0.15) is 0 Å². The molecule has 106 valence electrons. The number of hydrogen-bond donors (Lipinski definition) is 0. The first-order valence-corrected chi connectivity index (χ1v) is 7.49. The molecular formula is C18H17ClN2. The van der Waals surface area contributed by atoms with Crippen LogP contribution in [0.25, 0.3) is 16.8 Å². The van der Waals surface area contributed by atoms with E-state index in [0.717, 1.165) is 23.5 Å². The quantitative estimate of drug-likeness (QED) is 0.772. The van der Waals surface area contributed by atoms with Gasteiger partial charge in [-0.25, -0.2) is 9.97 Å². The fourth-order valence-corrected chi connectivity index (χ4v) is 2.65. The molecule has 0 radical (unpaired) electrons. The molecule has 1 aromatic heterocycles. The second-order valence-electron chi connectivity index (χ2n) is 5.43. The lowest BCUT2D eigenvalue weighted by molar-refractivity contribution is 0.739. The zero-order chi connectivity index (χ0) is 14.8. The van der Waals surface area contributed by atoms with E-state index in [2.05, 4.69) is 47.3 Å². The highest BCUT2D eigenvalue weighted by atomic mass is 35.5. The van der Waals surface area contributed by atoms with Gasteiger partial charge in [-0.3, -0.25) is 0 Å². The van der Waals surface area contributed by atoms with Crippen molar-refractivity contribution in [2.45, 2.75) is 20.3 Å². The lowest BCUT2D eigenvalue weighted by Gasteiger charge is -2.13. The standard InChI is InChI=1S/C18H17ClN2/c1-12-6-8-14(9-7-12)15-4-3-5-16(10-15)18-17(19)11-20-13(2)21-18/h3-6,8-12H,7H2,1-2H3. The zero-order valence-electron chi connectivity index (χ0n) is 12.2. The van der Waals surface area contributed by atoms with Gasteiger partial charge >= 0.3 is 0 Å². The Hall–Kier alpha value is -1.93. The largest absolute Gasteiger partial charge is 0.240 e. The average molecular weight is 297 g/mol. The highest BCUT2D eigenvalue weighted by Crippen LogP contribution is 2.30. The Labute approximate surface area is 130 Å². The van der Waals surface area contributed by atoms with Crippen molar-refractivity contribution in [1.82, 2.24) is 9.97 Å². The van der Waals surface area contributed by atoms with Crippen molar-refractivity contribution in [3.05, 3.63) is 65.1 Å². The Balaban J connectivity index is 2.01. The van der Waals surface area contributed by atoms with Crippen molar-refractivity contribution in [1.29, 1.82) is 0 Å². The summed E-state index contributed by atoms with van der Waals surface area (Å²) < 4.78 is 0. The lowest BCUT2D eigenvalue weighted by Crippen LogP contribution is -1.95. The summed E-state index contributed by atoms with van der Waals surface area (Å²) in [5, 5.41) is 0.583. The average Bonchev–Trinajstić information content (AvgIpc) is 2.50. The Bertz CT molecular complexity index is 732. The molecule has 0 bridgehead atoms. The molecule has 1 atom stereocenters. The smallest absolute Gasteiger partial charge is 0.125 e. The van der Waals surface area contributed by atoms with Crippen molar-refractivity contribution in [3.8, 4) is 11.3 Å². The van der Waals surface area contributed by atoms with Gasteiger partial charge in [0.15, 0.2) is 0 Å². The topological polar surface area (TPSA) is 25.8 Å². The summed E-state index contributed by atoms with van der Waals surface area (Å²) in [4.78, 5) is 8.58. The molecular weight excluding hydrogens is 280 g/mol. The molecule has 0 spiro atoms. The normalized spacial score (nSPS) is 17.7. The first kappa shape index (κ1) is 14.0. The fourth-order valence-electron chi connectivity index (χ4n) is 2.45. The Morgan fingerprint density at radius 3 is 2.81 bits per heavy atom. The maximum absolute atomic E-state index is 6.23. The maximum atomic E-state index is 6.23. The molecule has 0 saturated carbocycles. The second-order valence-corrected chi connectivity index (χ2v) is 5.83. The van der Waals surface area contributed by atoms with E-state index in [0.29, 0.717) is 10.9 Å². The molecule has 0 amide bonds. The van der Waals surface area contributed by atoms with Crippen LogP contribution < -0.4 is 0 Å². The highest BCUT2D eigenvalue weighted by molar-refractivity contribution is 6.32. The molecule has 1 aliphatic carbocycles. The molecule has 0 saturated heterocycles. The number of aromatic nitrogens is 2. The maximum Gasteiger partial charge on any atom is 0.125 e. The lowest BCUT2D eigenvalue weighted by atomic mass is 9.93. The van der Waals surface area contributed by atoms with E-state index in [1.165, 1.54) is 11.1 Å². The van der Waals surface area contributed by atoms with Crippen LogP contribution in [0.3, 0.4) is 0 Å². The predicted molar refractivity (Wildman–Crippen MR) is 88.1 cm³/mol. The molecule has 3 rings (SSSR count). The molecule has 2 aromatic rings. The van der Waals surface area contributed by atoms with E-state index in [1.807, 2.05) is 19.1 Å². The van der Waals surface area contributed by atoms with Gasteiger partial charge in [-0.15, -0.1) is 0 Å². The van der Waals surface area contributed by atoms with Crippen LogP contribution in [0.4, 0.5) is 0 Å². The van der Waals surface area contributed by atoms with Gasteiger partial charge < -0.3 is 0 Å². The van der Waals surface area contributed by atoms with Gasteiger partial charge in [0, 0.05) is 11.8 Å². The summed E-state index contributed by atoms with van der Waals surface area (Å²) in [6.45, 7) is 4.10. The van der Waals surface area contributed by atoms with E-state index < -0.39 is 0 Å². The molecule has 0 fully saturated rings. The SMILES string of the molecule is Cc1ncc(Cl)c(-c2cccc(C3=CCC(C)C=C3)c2)n1. The Kier molecular flexibility index (Phi) is 3.89. The Morgan fingerprint density at radius 2 is 2.05 bits per heavy atom. The van der Waals surface area contributed by atoms with Crippen molar-refractivity contribution in [2.24, 2.45) is 5.92 Å². The van der Waals surface area contributed by atoms with Gasteiger partial charge in [0.05, 0.1) is 10.7 Å². The van der Waals surface area contributed by atoms with Crippen LogP contribution in [-0.4, -0.2) is 9.97 Å². The van der Waals surface area contributed by atoms with Crippen LogP contribution in [0, 0.1) is 12.8 Å². The second kappa shape index (κ2) is 5.82. The van der Waals surface area contributed by atoms with Gasteiger partial charge in [0.25, 0.3) is 0 Å². The summed E-state index contributed by atoms with van der Waals surface area (Å²) in [5.74, 6) is 1.35. The summed E-state index contributed by atoms with van der Waals surface area (Å²) in [6, 6.07) is 8.34. The first-order chi connectivity index (χ1) is 10.1. The number of allylic oxidation sites excluding steroid dienone is 4. The Morgan fingerprint density at radius 1 is 1.24 bits per heavy atom. The van der Waals surface area contributed by atoms with E-state index in [9.17, 15) is 0 Å². The molecule has 21 heavy (non-hydrogen) atoms. The number of nitrogens with zero attached hydrogens (tertiary/aromatic N) is 2. The minimum atomic E-state index is 0.583. The predicted octanol–water partition coefficient (Wildman–Crippen LogP) is 5.08. The van der Waals surface area contributed by atoms with E-state index >= 15 is 0 Å². The summed E-state index contributed by atoms with van der Waals surface area (Å²) >= 11 is 6.23. The van der Waals surface area contributed by atoms with Gasteiger partial charge in [-0.05, 0) is 36.5 Å². The van der Waals surface area contributed by atoms with Crippen molar-refractivity contribution >= 4 is 17.2 Å².